The monoisotopic (exact) mass is 638 g/mol. The number of morpholine rings is 1. The van der Waals surface area contributed by atoms with Crippen LogP contribution in [0.5, 0.6) is 5.75 Å². The fourth-order valence-corrected chi connectivity index (χ4v) is 5.86. The quantitative estimate of drug-likeness (QED) is 0.338. The van der Waals surface area contributed by atoms with Gasteiger partial charge in [0.25, 0.3) is 5.91 Å². The number of methoxy groups -OCH3 is 1. The number of ether oxygens (including phenoxy) is 3. The van der Waals surface area contributed by atoms with Crippen LogP contribution >= 0.6 is 23.2 Å². The number of benzene rings is 3. The minimum Gasteiger partial charge on any atom is -0.497 e. The number of carbonyl (C=O) groups excluding carboxylic acids is 2. The van der Waals surface area contributed by atoms with Crippen molar-refractivity contribution in [2.45, 2.75) is 45.6 Å². The largest absolute Gasteiger partial charge is 0.497 e. The van der Waals surface area contributed by atoms with Gasteiger partial charge in [-0.2, -0.15) is 0 Å². The number of amides is 2. The van der Waals surface area contributed by atoms with E-state index in [4.69, 9.17) is 42.4 Å². The number of halogens is 2. The Morgan fingerprint density at radius 1 is 1.05 bits per heavy atom. The van der Waals surface area contributed by atoms with Gasteiger partial charge in [-0.25, -0.2) is 9.79 Å². The average Bonchev–Trinajstić information content (AvgIpc) is 3.08. The van der Waals surface area contributed by atoms with Crippen molar-refractivity contribution in [2.75, 3.05) is 38.3 Å². The highest BCUT2D eigenvalue weighted by atomic mass is 35.5. The van der Waals surface area contributed by atoms with Gasteiger partial charge in [0.1, 0.15) is 11.4 Å². The molecule has 1 fully saturated rings. The zero-order valence-corrected chi connectivity index (χ0v) is 26.7. The van der Waals surface area contributed by atoms with Crippen molar-refractivity contribution in [2.24, 2.45) is 4.99 Å². The number of anilines is 1. The summed E-state index contributed by atoms with van der Waals surface area (Å²) in [4.78, 5) is 36.1. The zero-order chi connectivity index (χ0) is 31.4. The minimum absolute atomic E-state index is 0.226. The maximum absolute atomic E-state index is 14.3. The van der Waals surface area contributed by atoms with Crippen molar-refractivity contribution in [3.05, 3.63) is 93.0 Å². The summed E-state index contributed by atoms with van der Waals surface area (Å²) in [5.41, 5.74) is 3.37. The minimum atomic E-state index is -1.30. The van der Waals surface area contributed by atoms with Gasteiger partial charge in [0.05, 0.1) is 43.3 Å². The Morgan fingerprint density at radius 3 is 2.43 bits per heavy atom. The molecule has 5 rings (SSSR count). The Balaban J connectivity index is 1.64. The smallest absolute Gasteiger partial charge is 0.409 e. The third kappa shape index (κ3) is 7.53. The molecule has 44 heavy (non-hydrogen) atoms. The lowest BCUT2D eigenvalue weighted by atomic mass is 9.95. The maximum Gasteiger partial charge on any atom is 0.409 e. The van der Waals surface area contributed by atoms with Gasteiger partial charge in [-0.15, -0.1) is 0 Å². The number of aliphatic imine (C=N–C) groups is 1. The lowest BCUT2D eigenvalue weighted by Gasteiger charge is -2.28. The number of hydrogen-bond acceptors (Lipinski definition) is 7. The second-order valence-electron chi connectivity index (χ2n) is 11.6. The van der Waals surface area contributed by atoms with Crippen LogP contribution in [0.15, 0.2) is 65.7 Å². The van der Waals surface area contributed by atoms with Gasteiger partial charge >= 0.3 is 6.09 Å². The first-order valence-electron chi connectivity index (χ1n) is 14.4. The molecule has 2 aliphatic heterocycles. The molecule has 1 N–H and O–H groups in total. The highest BCUT2D eigenvalue weighted by molar-refractivity contribution is 6.38. The first-order valence-corrected chi connectivity index (χ1v) is 15.2. The van der Waals surface area contributed by atoms with Crippen molar-refractivity contribution in [1.29, 1.82) is 0 Å². The number of nitrogens with one attached hydrogen (secondary N) is 1. The Bertz CT molecular complexity index is 1550. The molecule has 11 heteroatoms. The molecule has 2 heterocycles. The Labute approximate surface area is 267 Å². The van der Waals surface area contributed by atoms with Crippen LogP contribution in [0.3, 0.4) is 0 Å². The molecule has 1 saturated heterocycles. The Morgan fingerprint density at radius 2 is 1.75 bits per heavy atom. The molecule has 0 aliphatic carbocycles. The second kappa shape index (κ2) is 13.6. The van der Waals surface area contributed by atoms with Crippen molar-refractivity contribution < 1.29 is 23.8 Å². The van der Waals surface area contributed by atoms with E-state index in [0.29, 0.717) is 58.1 Å². The molecule has 0 bridgehead atoms. The summed E-state index contributed by atoms with van der Waals surface area (Å²) in [5.74, 6) is 0.283. The molecular formula is C33H36Cl2N4O5. The fraction of sp³-hybridized carbons (Fsp3) is 0.364. The highest BCUT2D eigenvalue weighted by Gasteiger charge is 2.35. The van der Waals surface area contributed by atoms with Crippen molar-refractivity contribution in [3.8, 4) is 5.75 Å². The van der Waals surface area contributed by atoms with Crippen molar-refractivity contribution >= 4 is 46.6 Å². The number of benzodiazepines with no additional fused rings is 1. The number of carbonyl (C=O) groups is 2. The molecule has 3 aromatic rings. The van der Waals surface area contributed by atoms with Crippen LogP contribution in [0.25, 0.3) is 0 Å². The van der Waals surface area contributed by atoms with Crippen LogP contribution in [0.1, 0.15) is 43.0 Å². The Kier molecular flexibility index (Phi) is 9.80. The molecule has 3 aromatic carbocycles. The molecule has 1 atom stereocenters. The van der Waals surface area contributed by atoms with E-state index in [1.165, 1.54) is 0 Å². The topological polar surface area (TPSA) is 92.7 Å². The summed E-state index contributed by atoms with van der Waals surface area (Å²) in [7, 11) is 1.60. The van der Waals surface area contributed by atoms with Crippen LogP contribution in [0.2, 0.25) is 10.0 Å². The van der Waals surface area contributed by atoms with E-state index in [2.05, 4.69) is 10.2 Å². The van der Waals surface area contributed by atoms with Crippen LogP contribution < -0.4 is 15.0 Å². The van der Waals surface area contributed by atoms with Crippen LogP contribution in [-0.4, -0.2) is 67.8 Å². The van der Waals surface area contributed by atoms with Crippen LogP contribution in [0, 0.1) is 0 Å². The number of alkyl carbamates (subject to hydrolysis) is 1. The van der Waals surface area contributed by atoms with E-state index in [-0.39, 0.29) is 6.54 Å². The maximum atomic E-state index is 14.3. The van der Waals surface area contributed by atoms with E-state index >= 15 is 0 Å². The molecule has 232 valence electrons. The average molecular weight is 640 g/mol. The van der Waals surface area contributed by atoms with Gasteiger partial charge < -0.3 is 19.1 Å². The molecule has 9 nitrogen and oxygen atoms in total. The molecule has 0 spiro atoms. The van der Waals surface area contributed by atoms with Gasteiger partial charge in [-0.05, 0) is 62.2 Å². The SMILES string of the molecule is COc1ccc(CN2C(=O)C(NC(=O)OC(C)(C)C)N=C(c3c(Cl)cc(Cl)cc3CN3CCOCC3)c3ccccc32)cc1. The lowest BCUT2D eigenvalue weighted by molar-refractivity contribution is -0.120. The zero-order valence-electron chi connectivity index (χ0n) is 25.2. The Hall–Kier alpha value is -3.63. The van der Waals surface area contributed by atoms with Gasteiger partial charge in [-0.3, -0.25) is 15.0 Å². The fourth-order valence-electron chi connectivity index (χ4n) is 5.24. The van der Waals surface area contributed by atoms with E-state index in [0.717, 1.165) is 24.2 Å². The first kappa shape index (κ1) is 31.8. The molecule has 0 radical (unpaired) electrons. The molecule has 0 aromatic heterocycles. The number of nitrogens with zero attached hydrogens (tertiary/aromatic N) is 3. The van der Waals surface area contributed by atoms with Gasteiger partial charge in [0.15, 0.2) is 0 Å². The summed E-state index contributed by atoms with van der Waals surface area (Å²) in [6.45, 7) is 8.81. The molecule has 1 unspecified atom stereocenters. The number of para-hydroxylation sites is 1. The van der Waals surface area contributed by atoms with E-state index in [1.54, 1.807) is 38.8 Å². The summed E-state index contributed by atoms with van der Waals surface area (Å²) in [5, 5.41) is 3.59. The number of fused-ring (bicyclic) bond motifs is 1. The third-order valence-corrected chi connectivity index (χ3v) is 7.75. The van der Waals surface area contributed by atoms with Gasteiger partial charge in [0.2, 0.25) is 6.17 Å². The highest BCUT2D eigenvalue weighted by Crippen LogP contribution is 2.35. The van der Waals surface area contributed by atoms with Gasteiger partial charge in [0, 0.05) is 35.8 Å². The van der Waals surface area contributed by atoms with Crippen LogP contribution in [-0.2, 0) is 27.4 Å². The number of hydrogen-bond donors (Lipinski definition) is 1. The van der Waals surface area contributed by atoms with Gasteiger partial charge in [-0.1, -0.05) is 53.5 Å². The summed E-state index contributed by atoms with van der Waals surface area (Å²) in [6, 6.07) is 18.5. The summed E-state index contributed by atoms with van der Waals surface area (Å²) < 4.78 is 16.4. The normalized spacial score (nSPS) is 17.4. The predicted octanol–water partition coefficient (Wildman–Crippen LogP) is 6.07. The van der Waals surface area contributed by atoms with Crippen molar-refractivity contribution in [3.63, 3.8) is 0 Å². The predicted molar refractivity (Wildman–Crippen MR) is 172 cm³/mol. The molecular weight excluding hydrogens is 603 g/mol. The second-order valence-corrected chi connectivity index (χ2v) is 12.5. The van der Waals surface area contributed by atoms with Crippen molar-refractivity contribution in [1.82, 2.24) is 10.2 Å². The standard InChI is InChI=1S/C33H36Cl2N4O5/c1-33(2,3)44-32(41)37-30-31(40)39(19-21-9-11-24(42-4)12-10-21)27-8-6-5-7-25(27)29(36-30)28-22(17-23(34)18-26(28)35)20-38-13-15-43-16-14-38/h5-12,17-18,30H,13-16,19-20H2,1-4H3,(H,37,41). The first-order chi connectivity index (χ1) is 21.0. The molecule has 2 amide bonds. The number of rotatable bonds is 7. The molecule has 2 aliphatic rings. The van der Waals surface area contributed by atoms with E-state index < -0.39 is 23.8 Å². The third-order valence-electron chi connectivity index (χ3n) is 7.23. The van der Waals surface area contributed by atoms with E-state index in [9.17, 15) is 9.59 Å². The summed E-state index contributed by atoms with van der Waals surface area (Å²) >= 11 is 13.5. The summed E-state index contributed by atoms with van der Waals surface area (Å²) in [6.07, 6.45) is -2.06. The van der Waals surface area contributed by atoms with Crippen LogP contribution in [0.4, 0.5) is 10.5 Å². The van der Waals surface area contributed by atoms with E-state index in [1.807, 2.05) is 54.6 Å². The lowest BCUT2D eigenvalue weighted by Crippen LogP contribution is -2.48. The molecule has 0 saturated carbocycles.